The predicted molar refractivity (Wildman–Crippen MR) is 83.4 cm³/mol. The van der Waals surface area contributed by atoms with Gasteiger partial charge in [-0.1, -0.05) is 60.5 Å². The van der Waals surface area contributed by atoms with Gasteiger partial charge in [-0.25, -0.2) is 5.43 Å². The van der Waals surface area contributed by atoms with Crippen LogP contribution in [0.15, 0.2) is 48.5 Å². The SMILES string of the molecule is Cc1cccc(C(NN)c2ccccc2C2CCC2)c1. The molecule has 2 nitrogen and oxygen atoms in total. The zero-order valence-electron chi connectivity index (χ0n) is 12.0. The molecule has 0 bridgehead atoms. The first-order valence-corrected chi connectivity index (χ1v) is 7.41. The van der Waals surface area contributed by atoms with Crippen LogP contribution in [-0.2, 0) is 0 Å². The summed E-state index contributed by atoms with van der Waals surface area (Å²) in [4.78, 5) is 0. The van der Waals surface area contributed by atoms with Crippen LogP contribution in [0.3, 0.4) is 0 Å². The van der Waals surface area contributed by atoms with Gasteiger partial charge in [0, 0.05) is 0 Å². The highest BCUT2D eigenvalue weighted by Crippen LogP contribution is 2.40. The summed E-state index contributed by atoms with van der Waals surface area (Å²) in [6.07, 6.45) is 3.97. The van der Waals surface area contributed by atoms with Gasteiger partial charge in [0.2, 0.25) is 0 Å². The van der Waals surface area contributed by atoms with Gasteiger partial charge in [-0.05, 0) is 42.4 Å². The second-order valence-electron chi connectivity index (χ2n) is 5.77. The molecule has 0 spiro atoms. The summed E-state index contributed by atoms with van der Waals surface area (Å²) in [5, 5.41) is 0. The zero-order chi connectivity index (χ0) is 13.9. The fraction of sp³-hybridized carbons (Fsp3) is 0.333. The second kappa shape index (κ2) is 5.78. The van der Waals surface area contributed by atoms with Crippen molar-refractivity contribution in [1.82, 2.24) is 5.43 Å². The fourth-order valence-corrected chi connectivity index (χ4v) is 3.08. The minimum absolute atomic E-state index is 0.0756. The number of hydrazine groups is 1. The molecule has 0 saturated heterocycles. The maximum absolute atomic E-state index is 5.87. The Morgan fingerprint density at radius 2 is 1.90 bits per heavy atom. The molecule has 2 aromatic rings. The Morgan fingerprint density at radius 1 is 1.10 bits per heavy atom. The summed E-state index contributed by atoms with van der Waals surface area (Å²) in [7, 11) is 0. The van der Waals surface area contributed by atoms with E-state index >= 15 is 0 Å². The van der Waals surface area contributed by atoms with Crippen LogP contribution in [0.2, 0.25) is 0 Å². The van der Waals surface area contributed by atoms with Crippen LogP contribution >= 0.6 is 0 Å². The quantitative estimate of drug-likeness (QED) is 0.652. The highest BCUT2D eigenvalue weighted by Gasteiger charge is 2.25. The molecule has 20 heavy (non-hydrogen) atoms. The van der Waals surface area contributed by atoms with Crippen molar-refractivity contribution in [1.29, 1.82) is 0 Å². The Balaban J connectivity index is 2.01. The summed E-state index contributed by atoms with van der Waals surface area (Å²) >= 11 is 0. The van der Waals surface area contributed by atoms with E-state index in [9.17, 15) is 0 Å². The minimum atomic E-state index is 0.0756. The summed E-state index contributed by atoms with van der Waals surface area (Å²) in [5.74, 6) is 6.58. The smallest absolute Gasteiger partial charge is 0.0712 e. The topological polar surface area (TPSA) is 38.0 Å². The lowest BCUT2D eigenvalue weighted by molar-refractivity contribution is 0.414. The Labute approximate surface area is 121 Å². The lowest BCUT2D eigenvalue weighted by Gasteiger charge is -2.30. The van der Waals surface area contributed by atoms with Crippen molar-refractivity contribution in [3.05, 3.63) is 70.8 Å². The number of rotatable bonds is 4. The number of hydrogen-bond acceptors (Lipinski definition) is 2. The molecule has 0 radical (unpaired) electrons. The van der Waals surface area contributed by atoms with Crippen LogP contribution in [0.5, 0.6) is 0 Å². The largest absolute Gasteiger partial charge is 0.271 e. The molecular formula is C18H22N2. The van der Waals surface area contributed by atoms with Crippen molar-refractivity contribution in [3.8, 4) is 0 Å². The van der Waals surface area contributed by atoms with Gasteiger partial charge in [-0.3, -0.25) is 5.84 Å². The molecule has 104 valence electrons. The van der Waals surface area contributed by atoms with Gasteiger partial charge in [0.1, 0.15) is 0 Å². The first-order chi connectivity index (χ1) is 9.79. The summed E-state index contributed by atoms with van der Waals surface area (Å²) in [6.45, 7) is 2.12. The van der Waals surface area contributed by atoms with E-state index in [0.29, 0.717) is 5.92 Å². The third kappa shape index (κ3) is 2.49. The molecule has 1 aliphatic rings. The molecule has 0 aliphatic heterocycles. The lowest BCUT2D eigenvalue weighted by atomic mass is 9.76. The maximum Gasteiger partial charge on any atom is 0.0712 e. The summed E-state index contributed by atoms with van der Waals surface area (Å²) in [6, 6.07) is 17.4. The average Bonchev–Trinajstić information content (AvgIpc) is 2.40. The van der Waals surface area contributed by atoms with Gasteiger partial charge in [0.25, 0.3) is 0 Å². The van der Waals surface area contributed by atoms with Gasteiger partial charge in [0.05, 0.1) is 6.04 Å². The number of hydrogen-bond donors (Lipinski definition) is 2. The number of nitrogens with one attached hydrogen (secondary N) is 1. The van der Waals surface area contributed by atoms with Crippen LogP contribution in [0, 0.1) is 6.92 Å². The molecule has 0 aromatic heterocycles. The van der Waals surface area contributed by atoms with Crippen molar-refractivity contribution in [3.63, 3.8) is 0 Å². The standard InChI is InChI=1S/C18H22N2/c1-13-6-4-9-15(12-13)18(20-19)17-11-3-2-10-16(17)14-7-5-8-14/h2-4,6,9-12,14,18,20H,5,7-8,19H2,1H3. The van der Waals surface area contributed by atoms with Crippen LogP contribution in [0.25, 0.3) is 0 Å². The first-order valence-electron chi connectivity index (χ1n) is 7.41. The molecular weight excluding hydrogens is 244 g/mol. The van der Waals surface area contributed by atoms with E-state index in [4.69, 9.17) is 5.84 Å². The summed E-state index contributed by atoms with van der Waals surface area (Å²) < 4.78 is 0. The van der Waals surface area contributed by atoms with Gasteiger partial charge >= 0.3 is 0 Å². The molecule has 3 N–H and O–H groups in total. The van der Waals surface area contributed by atoms with Crippen LogP contribution in [-0.4, -0.2) is 0 Å². The van der Waals surface area contributed by atoms with Gasteiger partial charge < -0.3 is 0 Å². The molecule has 2 heteroatoms. The molecule has 3 rings (SSSR count). The van der Waals surface area contributed by atoms with Crippen LogP contribution < -0.4 is 11.3 Å². The molecule has 1 unspecified atom stereocenters. The fourth-order valence-electron chi connectivity index (χ4n) is 3.08. The van der Waals surface area contributed by atoms with E-state index in [-0.39, 0.29) is 6.04 Å². The molecule has 1 saturated carbocycles. The molecule has 1 atom stereocenters. The highest BCUT2D eigenvalue weighted by atomic mass is 15.2. The Morgan fingerprint density at radius 3 is 2.55 bits per heavy atom. The van der Waals surface area contributed by atoms with E-state index in [1.54, 1.807) is 0 Å². The zero-order valence-corrected chi connectivity index (χ0v) is 12.0. The molecule has 1 fully saturated rings. The Bertz CT molecular complexity index is 587. The maximum atomic E-state index is 5.87. The number of aryl methyl sites for hydroxylation is 1. The first kappa shape index (κ1) is 13.3. The number of benzene rings is 2. The van der Waals surface area contributed by atoms with E-state index in [0.717, 1.165) is 0 Å². The third-order valence-electron chi connectivity index (χ3n) is 4.39. The van der Waals surface area contributed by atoms with E-state index < -0.39 is 0 Å². The van der Waals surface area contributed by atoms with E-state index in [1.807, 2.05) is 0 Å². The summed E-state index contributed by atoms with van der Waals surface area (Å²) in [5.41, 5.74) is 8.29. The number of nitrogens with two attached hydrogens (primary N) is 1. The van der Waals surface area contributed by atoms with Gasteiger partial charge in [-0.15, -0.1) is 0 Å². The molecule has 2 aromatic carbocycles. The van der Waals surface area contributed by atoms with Crippen LogP contribution in [0.1, 0.15) is 53.5 Å². The monoisotopic (exact) mass is 266 g/mol. The second-order valence-corrected chi connectivity index (χ2v) is 5.77. The average molecular weight is 266 g/mol. The third-order valence-corrected chi connectivity index (χ3v) is 4.39. The van der Waals surface area contributed by atoms with Gasteiger partial charge in [0.15, 0.2) is 0 Å². The molecule has 1 aliphatic carbocycles. The van der Waals surface area contributed by atoms with E-state index in [1.165, 1.54) is 41.5 Å². The van der Waals surface area contributed by atoms with Crippen LogP contribution in [0.4, 0.5) is 0 Å². The van der Waals surface area contributed by atoms with E-state index in [2.05, 4.69) is 60.9 Å². The normalized spacial score (nSPS) is 16.7. The lowest BCUT2D eigenvalue weighted by Crippen LogP contribution is -2.30. The predicted octanol–water partition coefficient (Wildman–Crippen LogP) is 3.82. The Kier molecular flexibility index (Phi) is 3.86. The molecule has 0 heterocycles. The Hall–Kier alpha value is -1.64. The van der Waals surface area contributed by atoms with Crippen molar-refractivity contribution in [2.75, 3.05) is 0 Å². The van der Waals surface area contributed by atoms with Crippen molar-refractivity contribution in [2.24, 2.45) is 5.84 Å². The highest BCUT2D eigenvalue weighted by molar-refractivity contribution is 5.40. The van der Waals surface area contributed by atoms with Crippen molar-refractivity contribution >= 4 is 0 Å². The van der Waals surface area contributed by atoms with Crippen molar-refractivity contribution < 1.29 is 0 Å². The molecule has 0 amide bonds. The van der Waals surface area contributed by atoms with Crippen molar-refractivity contribution in [2.45, 2.75) is 38.1 Å². The van der Waals surface area contributed by atoms with Gasteiger partial charge in [-0.2, -0.15) is 0 Å². The minimum Gasteiger partial charge on any atom is -0.271 e.